The van der Waals surface area contributed by atoms with Crippen molar-refractivity contribution in [3.05, 3.63) is 29.3 Å². The molecule has 1 aromatic carbocycles. The zero-order valence-electron chi connectivity index (χ0n) is 7.52. The Labute approximate surface area is 89.0 Å². The number of ether oxygens (including phenoxy) is 2. The molecule has 0 atom stereocenters. The summed E-state index contributed by atoms with van der Waals surface area (Å²) >= 11 is 3.10. The molecule has 0 aliphatic rings. The standard InChI is InChI=1S/C9H9BrF2O2/c1-13-5-14-9-7(11)2-6(4-10)3-8(9)12/h2-3H,4-5H2,1H3. The first-order chi connectivity index (χ1) is 6.69. The quantitative estimate of drug-likeness (QED) is 0.617. The minimum absolute atomic E-state index is 0.179. The van der Waals surface area contributed by atoms with Gasteiger partial charge in [0.25, 0.3) is 0 Å². The number of alkyl halides is 1. The van der Waals surface area contributed by atoms with E-state index in [2.05, 4.69) is 20.7 Å². The summed E-state index contributed by atoms with van der Waals surface area (Å²) < 4.78 is 35.6. The van der Waals surface area contributed by atoms with Gasteiger partial charge in [-0.1, -0.05) is 15.9 Å². The van der Waals surface area contributed by atoms with E-state index >= 15 is 0 Å². The second kappa shape index (κ2) is 5.26. The highest BCUT2D eigenvalue weighted by Crippen LogP contribution is 2.24. The summed E-state index contributed by atoms with van der Waals surface area (Å²) in [5.74, 6) is -1.86. The average Bonchev–Trinajstić information content (AvgIpc) is 2.16. The van der Waals surface area contributed by atoms with E-state index < -0.39 is 17.4 Å². The fraction of sp³-hybridized carbons (Fsp3) is 0.333. The summed E-state index contributed by atoms with van der Waals surface area (Å²) in [6, 6.07) is 2.42. The van der Waals surface area contributed by atoms with Gasteiger partial charge in [-0.15, -0.1) is 0 Å². The van der Waals surface area contributed by atoms with Crippen LogP contribution < -0.4 is 4.74 Å². The minimum atomic E-state index is -0.725. The second-order valence-electron chi connectivity index (χ2n) is 2.57. The number of hydrogen-bond donors (Lipinski definition) is 0. The zero-order valence-corrected chi connectivity index (χ0v) is 9.11. The van der Waals surface area contributed by atoms with E-state index in [0.717, 1.165) is 0 Å². The highest BCUT2D eigenvalue weighted by Gasteiger charge is 2.11. The Morgan fingerprint density at radius 3 is 2.29 bits per heavy atom. The predicted octanol–water partition coefficient (Wildman–Crippen LogP) is 2.84. The van der Waals surface area contributed by atoms with Crippen molar-refractivity contribution in [3.63, 3.8) is 0 Å². The molecule has 2 nitrogen and oxygen atoms in total. The van der Waals surface area contributed by atoms with Gasteiger partial charge in [0.1, 0.15) is 0 Å². The number of methoxy groups -OCH3 is 1. The average molecular weight is 267 g/mol. The third kappa shape index (κ3) is 2.65. The van der Waals surface area contributed by atoms with Gasteiger partial charge < -0.3 is 9.47 Å². The number of hydrogen-bond acceptors (Lipinski definition) is 2. The number of benzene rings is 1. The maximum atomic E-state index is 13.2. The van der Waals surface area contributed by atoms with Gasteiger partial charge in [0.05, 0.1) is 0 Å². The van der Waals surface area contributed by atoms with Gasteiger partial charge in [0, 0.05) is 12.4 Å². The summed E-state index contributed by atoms with van der Waals surface area (Å²) in [6.45, 7) is -0.179. The zero-order chi connectivity index (χ0) is 10.6. The molecule has 0 heterocycles. The first-order valence-corrected chi connectivity index (χ1v) is 4.96. The Balaban J connectivity index is 2.93. The maximum Gasteiger partial charge on any atom is 0.193 e. The van der Waals surface area contributed by atoms with Crippen molar-refractivity contribution in [3.8, 4) is 5.75 Å². The highest BCUT2D eigenvalue weighted by atomic mass is 79.9. The van der Waals surface area contributed by atoms with E-state index in [1.807, 2.05) is 0 Å². The maximum absolute atomic E-state index is 13.2. The molecule has 0 saturated carbocycles. The molecule has 0 aliphatic carbocycles. The minimum Gasteiger partial charge on any atom is -0.461 e. The number of halogens is 3. The SMILES string of the molecule is COCOc1c(F)cc(CBr)cc1F. The third-order valence-electron chi connectivity index (χ3n) is 1.53. The topological polar surface area (TPSA) is 18.5 Å². The molecule has 0 amide bonds. The van der Waals surface area contributed by atoms with Gasteiger partial charge in [0.2, 0.25) is 0 Å². The van der Waals surface area contributed by atoms with Crippen LogP contribution in [0, 0.1) is 11.6 Å². The molecule has 0 unspecified atom stereocenters. The summed E-state index contributed by atoms with van der Waals surface area (Å²) in [5, 5.41) is 0.394. The monoisotopic (exact) mass is 266 g/mol. The van der Waals surface area contributed by atoms with Crippen LogP contribution in [0.1, 0.15) is 5.56 Å². The molecule has 0 aliphatic heterocycles. The smallest absolute Gasteiger partial charge is 0.193 e. The molecular weight excluding hydrogens is 258 g/mol. The summed E-state index contributed by atoms with van der Waals surface area (Å²) in [6.07, 6.45) is 0. The molecule has 0 N–H and O–H groups in total. The van der Waals surface area contributed by atoms with E-state index in [4.69, 9.17) is 4.74 Å². The molecule has 1 rings (SSSR count). The van der Waals surface area contributed by atoms with Crippen molar-refractivity contribution in [2.24, 2.45) is 0 Å². The highest BCUT2D eigenvalue weighted by molar-refractivity contribution is 9.08. The van der Waals surface area contributed by atoms with Crippen molar-refractivity contribution in [1.82, 2.24) is 0 Å². The van der Waals surface area contributed by atoms with Crippen LogP contribution >= 0.6 is 15.9 Å². The summed E-state index contributed by atoms with van der Waals surface area (Å²) in [5.41, 5.74) is 0.518. The Hall–Kier alpha value is -0.680. The Morgan fingerprint density at radius 1 is 1.29 bits per heavy atom. The van der Waals surface area contributed by atoms with Gasteiger partial charge in [0.15, 0.2) is 24.2 Å². The third-order valence-corrected chi connectivity index (χ3v) is 2.18. The van der Waals surface area contributed by atoms with Crippen LogP contribution in [0.4, 0.5) is 8.78 Å². The largest absolute Gasteiger partial charge is 0.461 e. The first kappa shape index (κ1) is 11.4. The molecule has 0 saturated heterocycles. The van der Waals surface area contributed by atoms with Crippen LogP contribution in [-0.2, 0) is 10.1 Å². The van der Waals surface area contributed by atoms with E-state index in [-0.39, 0.29) is 6.79 Å². The predicted molar refractivity (Wildman–Crippen MR) is 51.5 cm³/mol. The van der Waals surface area contributed by atoms with Crippen molar-refractivity contribution in [2.45, 2.75) is 5.33 Å². The second-order valence-corrected chi connectivity index (χ2v) is 3.13. The van der Waals surface area contributed by atoms with Crippen molar-refractivity contribution < 1.29 is 18.3 Å². The fourth-order valence-corrected chi connectivity index (χ4v) is 1.27. The fourth-order valence-electron chi connectivity index (χ4n) is 0.945. The summed E-state index contributed by atoms with van der Waals surface area (Å²) in [4.78, 5) is 0. The molecule has 0 fully saturated rings. The van der Waals surface area contributed by atoms with Crippen LogP contribution in [0.3, 0.4) is 0 Å². The molecule has 0 bridgehead atoms. The van der Waals surface area contributed by atoms with Crippen LogP contribution in [0.25, 0.3) is 0 Å². The molecule has 78 valence electrons. The molecule has 5 heteroatoms. The van der Waals surface area contributed by atoms with Crippen LogP contribution in [0.5, 0.6) is 5.75 Å². The van der Waals surface area contributed by atoms with Crippen molar-refractivity contribution in [2.75, 3.05) is 13.9 Å². The molecule has 0 spiro atoms. The van der Waals surface area contributed by atoms with Crippen LogP contribution in [0.2, 0.25) is 0 Å². The Morgan fingerprint density at radius 2 is 1.86 bits per heavy atom. The van der Waals surface area contributed by atoms with Crippen LogP contribution in [-0.4, -0.2) is 13.9 Å². The lowest BCUT2D eigenvalue weighted by atomic mass is 10.2. The number of rotatable bonds is 4. The Bertz CT molecular complexity index is 295. The Kier molecular flexibility index (Phi) is 4.28. The van der Waals surface area contributed by atoms with E-state index in [1.54, 1.807) is 0 Å². The van der Waals surface area contributed by atoms with Gasteiger partial charge in [-0.3, -0.25) is 0 Å². The van der Waals surface area contributed by atoms with E-state index in [9.17, 15) is 8.78 Å². The van der Waals surface area contributed by atoms with Gasteiger partial charge in [-0.2, -0.15) is 0 Å². The lowest BCUT2D eigenvalue weighted by Crippen LogP contribution is -2.03. The molecule has 14 heavy (non-hydrogen) atoms. The van der Waals surface area contributed by atoms with Crippen molar-refractivity contribution in [1.29, 1.82) is 0 Å². The van der Waals surface area contributed by atoms with Gasteiger partial charge in [-0.05, 0) is 17.7 Å². The molecular formula is C9H9BrF2O2. The van der Waals surface area contributed by atoms with Crippen LogP contribution in [0.15, 0.2) is 12.1 Å². The first-order valence-electron chi connectivity index (χ1n) is 3.84. The molecule has 0 radical (unpaired) electrons. The van der Waals surface area contributed by atoms with Gasteiger partial charge >= 0.3 is 0 Å². The van der Waals surface area contributed by atoms with E-state index in [1.165, 1.54) is 19.2 Å². The normalized spacial score (nSPS) is 10.3. The van der Waals surface area contributed by atoms with Crippen molar-refractivity contribution >= 4 is 15.9 Å². The lowest BCUT2D eigenvalue weighted by molar-refractivity contribution is 0.0452. The lowest BCUT2D eigenvalue weighted by Gasteiger charge is -2.07. The molecule has 1 aromatic rings. The molecule has 0 aromatic heterocycles. The van der Waals surface area contributed by atoms with Gasteiger partial charge in [-0.25, -0.2) is 8.78 Å². The van der Waals surface area contributed by atoms with E-state index in [0.29, 0.717) is 10.9 Å². The summed E-state index contributed by atoms with van der Waals surface area (Å²) in [7, 11) is 1.38.